The van der Waals surface area contributed by atoms with Gasteiger partial charge in [0.1, 0.15) is 0 Å². The van der Waals surface area contributed by atoms with Crippen molar-refractivity contribution in [2.75, 3.05) is 20.6 Å². The van der Waals surface area contributed by atoms with Crippen LogP contribution in [0.4, 0.5) is 0 Å². The summed E-state index contributed by atoms with van der Waals surface area (Å²) >= 11 is 0. The number of hydrogen-bond donors (Lipinski definition) is 1. The van der Waals surface area contributed by atoms with Gasteiger partial charge in [-0.15, -0.1) is 0 Å². The molecule has 0 amide bonds. The van der Waals surface area contributed by atoms with Crippen LogP contribution in [0.15, 0.2) is 48.5 Å². The minimum absolute atomic E-state index is 0.532. The molecule has 0 radical (unpaired) electrons. The Hall–Kier alpha value is -1.64. The fourth-order valence-electron chi connectivity index (χ4n) is 2.64. The first-order chi connectivity index (χ1) is 10.1. The van der Waals surface area contributed by atoms with Crippen LogP contribution in [0.2, 0.25) is 0 Å². The molecular weight excluding hydrogens is 256 g/mol. The molecule has 0 heterocycles. The number of nitrogens with zero attached hydrogens (tertiary/aromatic N) is 1. The van der Waals surface area contributed by atoms with Gasteiger partial charge in [0.2, 0.25) is 0 Å². The van der Waals surface area contributed by atoms with Crippen molar-refractivity contribution in [3.8, 4) is 11.1 Å². The Balaban J connectivity index is 2.18. The Morgan fingerprint density at radius 1 is 1.00 bits per heavy atom. The van der Waals surface area contributed by atoms with E-state index in [0.717, 1.165) is 19.5 Å². The summed E-state index contributed by atoms with van der Waals surface area (Å²) in [6.45, 7) is 3.95. The summed E-state index contributed by atoms with van der Waals surface area (Å²) < 4.78 is 0. The minimum Gasteiger partial charge on any atom is -0.330 e. The van der Waals surface area contributed by atoms with Gasteiger partial charge < -0.3 is 10.6 Å². The van der Waals surface area contributed by atoms with Crippen molar-refractivity contribution < 1.29 is 0 Å². The van der Waals surface area contributed by atoms with Gasteiger partial charge in [0.05, 0.1) is 0 Å². The van der Waals surface area contributed by atoms with Gasteiger partial charge in [0, 0.05) is 6.54 Å². The Kier molecular flexibility index (Phi) is 5.54. The largest absolute Gasteiger partial charge is 0.330 e. The van der Waals surface area contributed by atoms with E-state index in [1.54, 1.807) is 0 Å². The normalized spacial score (nSPS) is 12.6. The number of nitrogens with two attached hydrogens (primary N) is 1. The highest BCUT2D eigenvalue weighted by Gasteiger charge is 2.05. The molecule has 112 valence electrons. The van der Waals surface area contributed by atoms with Crippen LogP contribution in [0.5, 0.6) is 0 Å². The first-order valence-corrected chi connectivity index (χ1v) is 7.64. The quantitative estimate of drug-likeness (QED) is 0.871. The van der Waals surface area contributed by atoms with Crippen LogP contribution in [0.3, 0.4) is 0 Å². The van der Waals surface area contributed by atoms with E-state index in [-0.39, 0.29) is 0 Å². The monoisotopic (exact) mass is 282 g/mol. The van der Waals surface area contributed by atoms with Crippen LogP contribution in [-0.2, 0) is 6.54 Å². The summed E-state index contributed by atoms with van der Waals surface area (Å²) in [6.07, 6.45) is 1.04. The second-order valence-electron chi connectivity index (χ2n) is 6.04. The third-order valence-corrected chi connectivity index (χ3v) is 3.84. The number of rotatable bonds is 6. The van der Waals surface area contributed by atoms with E-state index in [4.69, 9.17) is 5.73 Å². The van der Waals surface area contributed by atoms with Gasteiger partial charge in [-0.25, -0.2) is 0 Å². The molecule has 0 aliphatic carbocycles. The average molecular weight is 282 g/mol. The zero-order chi connectivity index (χ0) is 15.2. The molecule has 0 saturated carbocycles. The smallest absolute Gasteiger partial charge is 0.0227 e. The van der Waals surface area contributed by atoms with Gasteiger partial charge in [-0.3, -0.25) is 0 Å². The van der Waals surface area contributed by atoms with E-state index < -0.39 is 0 Å². The zero-order valence-electron chi connectivity index (χ0n) is 13.3. The second kappa shape index (κ2) is 7.39. The number of hydrogen-bond acceptors (Lipinski definition) is 2. The molecule has 2 N–H and O–H groups in total. The Bertz CT molecular complexity index is 558. The molecule has 2 rings (SSSR count). The molecule has 0 aliphatic rings. The Morgan fingerprint density at radius 2 is 1.71 bits per heavy atom. The van der Waals surface area contributed by atoms with E-state index in [9.17, 15) is 0 Å². The summed E-state index contributed by atoms with van der Waals surface area (Å²) in [4.78, 5) is 2.19. The first-order valence-electron chi connectivity index (χ1n) is 7.64. The lowest BCUT2D eigenvalue weighted by Crippen LogP contribution is -2.10. The molecule has 0 bridgehead atoms. The highest BCUT2D eigenvalue weighted by Crippen LogP contribution is 2.25. The van der Waals surface area contributed by atoms with Gasteiger partial charge in [-0.1, -0.05) is 49.4 Å². The molecule has 2 aromatic carbocycles. The molecule has 1 atom stereocenters. The summed E-state index contributed by atoms with van der Waals surface area (Å²) in [6, 6.07) is 17.7. The van der Waals surface area contributed by atoms with E-state index in [1.807, 2.05) is 0 Å². The standard InChI is InChI=1S/C19H26N2/c1-15(11-12-20)17-7-9-18(10-8-17)19-6-4-5-16(13-19)14-21(2)3/h4-10,13,15H,11-12,14,20H2,1-3H3. The predicted molar refractivity (Wildman–Crippen MR) is 91.4 cm³/mol. The maximum absolute atomic E-state index is 5.64. The van der Waals surface area contributed by atoms with E-state index in [1.165, 1.54) is 22.3 Å². The highest BCUT2D eigenvalue weighted by atomic mass is 15.0. The SMILES string of the molecule is CC(CCN)c1ccc(-c2cccc(CN(C)C)c2)cc1. The minimum atomic E-state index is 0.532. The maximum Gasteiger partial charge on any atom is 0.0227 e. The van der Waals surface area contributed by atoms with Crippen LogP contribution in [0.25, 0.3) is 11.1 Å². The zero-order valence-corrected chi connectivity index (χ0v) is 13.3. The van der Waals surface area contributed by atoms with E-state index in [2.05, 4.69) is 74.4 Å². The van der Waals surface area contributed by atoms with Crippen molar-refractivity contribution >= 4 is 0 Å². The van der Waals surface area contributed by atoms with Gasteiger partial charge in [0.25, 0.3) is 0 Å². The summed E-state index contributed by atoms with van der Waals surface area (Å²) in [7, 11) is 4.20. The van der Waals surface area contributed by atoms with Crippen molar-refractivity contribution in [2.45, 2.75) is 25.8 Å². The maximum atomic E-state index is 5.64. The van der Waals surface area contributed by atoms with Crippen LogP contribution < -0.4 is 5.73 Å². The molecule has 0 spiro atoms. The van der Waals surface area contributed by atoms with Crippen LogP contribution in [0, 0.1) is 0 Å². The second-order valence-corrected chi connectivity index (χ2v) is 6.04. The van der Waals surface area contributed by atoms with Gasteiger partial charge in [0.15, 0.2) is 0 Å². The molecule has 2 nitrogen and oxygen atoms in total. The first kappa shape index (κ1) is 15.7. The Labute approximate surface area is 128 Å². The van der Waals surface area contributed by atoms with Crippen LogP contribution >= 0.6 is 0 Å². The molecule has 2 aromatic rings. The Morgan fingerprint density at radius 3 is 2.33 bits per heavy atom. The van der Waals surface area contributed by atoms with Gasteiger partial charge in [-0.05, 0) is 61.3 Å². The topological polar surface area (TPSA) is 29.3 Å². The van der Waals surface area contributed by atoms with Crippen molar-refractivity contribution in [1.82, 2.24) is 4.90 Å². The lowest BCUT2D eigenvalue weighted by molar-refractivity contribution is 0.402. The highest BCUT2D eigenvalue weighted by molar-refractivity contribution is 5.64. The lowest BCUT2D eigenvalue weighted by Gasteiger charge is -2.13. The van der Waals surface area contributed by atoms with Gasteiger partial charge in [-0.2, -0.15) is 0 Å². The van der Waals surface area contributed by atoms with E-state index in [0.29, 0.717) is 5.92 Å². The fraction of sp³-hybridized carbons (Fsp3) is 0.368. The molecule has 0 aromatic heterocycles. The summed E-state index contributed by atoms with van der Waals surface area (Å²) in [5.74, 6) is 0.532. The average Bonchev–Trinajstić information content (AvgIpc) is 2.47. The molecule has 2 heteroatoms. The van der Waals surface area contributed by atoms with Crippen LogP contribution in [0.1, 0.15) is 30.4 Å². The summed E-state index contributed by atoms with van der Waals surface area (Å²) in [5, 5.41) is 0. The lowest BCUT2D eigenvalue weighted by atomic mass is 9.95. The third kappa shape index (κ3) is 4.42. The predicted octanol–water partition coefficient (Wildman–Crippen LogP) is 3.87. The third-order valence-electron chi connectivity index (χ3n) is 3.84. The molecule has 0 saturated heterocycles. The summed E-state index contributed by atoms with van der Waals surface area (Å²) in [5.41, 5.74) is 10.9. The van der Waals surface area contributed by atoms with Crippen molar-refractivity contribution in [3.05, 3.63) is 59.7 Å². The molecule has 0 fully saturated rings. The molecular formula is C19H26N2. The molecule has 0 aliphatic heterocycles. The van der Waals surface area contributed by atoms with E-state index >= 15 is 0 Å². The molecule has 1 unspecified atom stereocenters. The van der Waals surface area contributed by atoms with Gasteiger partial charge >= 0.3 is 0 Å². The van der Waals surface area contributed by atoms with Crippen molar-refractivity contribution in [1.29, 1.82) is 0 Å². The van der Waals surface area contributed by atoms with Crippen molar-refractivity contribution in [3.63, 3.8) is 0 Å². The van der Waals surface area contributed by atoms with Crippen molar-refractivity contribution in [2.24, 2.45) is 5.73 Å². The number of benzene rings is 2. The van der Waals surface area contributed by atoms with Crippen LogP contribution in [-0.4, -0.2) is 25.5 Å². The molecule has 21 heavy (non-hydrogen) atoms. The fourth-order valence-corrected chi connectivity index (χ4v) is 2.64.